The first-order valence-corrected chi connectivity index (χ1v) is 10.6. The van der Waals surface area contributed by atoms with Crippen LogP contribution >= 0.6 is 15.9 Å². The summed E-state index contributed by atoms with van der Waals surface area (Å²) in [7, 11) is 2.18. The van der Waals surface area contributed by atoms with E-state index in [2.05, 4.69) is 74.3 Å². The van der Waals surface area contributed by atoms with Crippen LogP contribution in [0.4, 0.5) is 5.69 Å². The molecule has 0 atom stereocenters. The molecular formula is C23H22BrN5. The van der Waals surface area contributed by atoms with Gasteiger partial charge >= 0.3 is 0 Å². The van der Waals surface area contributed by atoms with Crippen molar-refractivity contribution in [2.75, 3.05) is 38.1 Å². The summed E-state index contributed by atoms with van der Waals surface area (Å²) in [5.41, 5.74) is 6.50. The predicted molar refractivity (Wildman–Crippen MR) is 121 cm³/mol. The molecule has 0 aliphatic carbocycles. The van der Waals surface area contributed by atoms with E-state index in [1.807, 2.05) is 35.2 Å². The van der Waals surface area contributed by atoms with Crippen molar-refractivity contribution < 1.29 is 0 Å². The molecule has 6 heteroatoms. The van der Waals surface area contributed by atoms with Gasteiger partial charge in [-0.25, -0.2) is 9.50 Å². The largest absolute Gasteiger partial charge is 0.369 e. The second-order valence-electron chi connectivity index (χ2n) is 7.52. The van der Waals surface area contributed by atoms with Gasteiger partial charge in [0, 0.05) is 59.9 Å². The minimum atomic E-state index is 0.874. The molecule has 0 amide bonds. The van der Waals surface area contributed by atoms with Gasteiger partial charge in [-0.05, 0) is 42.4 Å². The Labute approximate surface area is 178 Å². The molecule has 0 radical (unpaired) electrons. The van der Waals surface area contributed by atoms with Gasteiger partial charge in [-0.2, -0.15) is 5.10 Å². The molecule has 4 aromatic rings. The van der Waals surface area contributed by atoms with Crippen LogP contribution in [0, 0.1) is 0 Å². The van der Waals surface area contributed by atoms with Crippen LogP contribution in [0.5, 0.6) is 0 Å². The highest BCUT2D eigenvalue weighted by Gasteiger charge is 2.16. The topological polar surface area (TPSA) is 36.7 Å². The van der Waals surface area contributed by atoms with Crippen molar-refractivity contribution in [3.05, 3.63) is 71.6 Å². The van der Waals surface area contributed by atoms with E-state index in [0.29, 0.717) is 0 Å². The summed E-state index contributed by atoms with van der Waals surface area (Å²) in [5.74, 6) is 0. The lowest BCUT2D eigenvalue weighted by Gasteiger charge is -2.34. The van der Waals surface area contributed by atoms with Crippen molar-refractivity contribution in [3.63, 3.8) is 0 Å². The molecule has 2 aromatic heterocycles. The fraction of sp³-hybridized carbons (Fsp3) is 0.217. The van der Waals surface area contributed by atoms with Gasteiger partial charge in [0.25, 0.3) is 0 Å². The smallest absolute Gasteiger partial charge is 0.162 e. The van der Waals surface area contributed by atoms with Crippen molar-refractivity contribution in [2.45, 2.75) is 0 Å². The molecule has 3 heterocycles. The number of anilines is 1. The fourth-order valence-electron chi connectivity index (χ4n) is 3.83. The Hall–Kier alpha value is -2.70. The van der Waals surface area contributed by atoms with Crippen LogP contribution < -0.4 is 4.90 Å². The van der Waals surface area contributed by atoms with Crippen molar-refractivity contribution in [3.8, 4) is 22.3 Å². The summed E-state index contributed by atoms with van der Waals surface area (Å²) >= 11 is 3.54. The van der Waals surface area contributed by atoms with Gasteiger partial charge in [0.1, 0.15) is 0 Å². The molecule has 1 saturated heterocycles. The van der Waals surface area contributed by atoms with Crippen LogP contribution in [-0.4, -0.2) is 52.7 Å². The minimum Gasteiger partial charge on any atom is -0.369 e. The highest BCUT2D eigenvalue weighted by molar-refractivity contribution is 9.10. The Bertz CT molecular complexity index is 1160. The van der Waals surface area contributed by atoms with Crippen LogP contribution in [0.3, 0.4) is 0 Å². The molecule has 5 nitrogen and oxygen atoms in total. The third kappa shape index (κ3) is 3.66. The van der Waals surface area contributed by atoms with Gasteiger partial charge in [-0.3, -0.25) is 0 Å². The van der Waals surface area contributed by atoms with E-state index in [1.165, 1.54) is 5.69 Å². The maximum atomic E-state index is 4.74. The van der Waals surface area contributed by atoms with Crippen LogP contribution in [0.15, 0.2) is 71.6 Å². The lowest BCUT2D eigenvalue weighted by molar-refractivity contribution is 0.313. The quantitative estimate of drug-likeness (QED) is 0.460. The molecule has 5 rings (SSSR count). The Kier molecular flexibility index (Phi) is 4.81. The van der Waals surface area contributed by atoms with E-state index in [9.17, 15) is 0 Å². The van der Waals surface area contributed by atoms with E-state index in [-0.39, 0.29) is 0 Å². The molecule has 0 saturated carbocycles. The highest BCUT2D eigenvalue weighted by atomic mass is 79.9. The first-order chi connectivity index (χ1) is 14.2. The normalized spacial score (nSPS) is 15.2. The number of nitrogens with zero attached hydrogens (tertiary/aromatic N) is 5. The molecule has 0 bridgehead atoms. The zero-order valence-electron chi connectivity index (χ0n) is 16.3. The molecule has 1 aliphatic rings. The first kappa shape index (κ1) is 18.3. The van der Waals surface area contributed by atoms with Gasteiger partial charge in [0.15, 0.2) is 5.65 Å². The Balaban J connectivity index is 1.49. The zero-order valence-corrected chi connectivity index (χ0v) is 17.9. The Morgan fingerprint density at radius 2 is 1.66 bits per heavy atom. The molecule has 1 fully saturated rings. The lowest BCUT2D eigenvalue weighted by Crippen LogP contribution is -2.44. The summed E-state index contributed by atoms with van der Waals surface area (Å²) in [6, 6.07) is 16.9. The van der Waals surface area contributed by atoms with Gasteiger partial charge in [0.05, 0.1) is 6.20 Å². The second kappa shape index (κ2) is 7.61. The molecule has 2 aromatic carbocycles. The van der Waals surface area contributed by atoms with Gasteiger partial charge in [0.2, 0.25) is 0 Å². The molecule has 0 spiro atoms. The molecule has 0 N–H and O–H groups in total. The maximum Gasteiger partial charge on any atom is 0.162 e. The van der Waals surface area contributed by atoms with Crippen molar-refractivity contribution in [2.24, 2.45) is 0 Å². The third-order valence-electron chi connectivity index (χ3n) is 5.54. The molecule has 146 valence electrons. The van der Waals surface area contributed by atoms with E-state index < -0.39 is 0 Å². The number of benzene rings is 2. The number of rotatable bonds is 3. The van der Waals surface area contributed by atoms with E-state index >= 15 is 0 Å². The highest BCUT2D eigenvalue weighted by Crippen LogP contribution is 2.29. The summed E-state index contributed by atoms with van der Waals surface area (Å²) in [5, 5.41) is 4.58. The summed E-state index contributed by atoms with van der Waals surface area (Å²) < 4.78 is 2.92. The lowest BCUT2D eigenvalue weighted by atomic mass is 10.1. The zero-order chi connectivity index (χ0) is 19.8. The van der Waals surface area contributed by atoms with Crippen molar-refractivity contribution >= 4 is 27.3 Å². The van der Waals surface area contributed by atoms with E-state index in [1.54, 1.807) is 0 Å². The number of hydrogen-bond acceptors (Lipinski definition) is 4. The average molecular weight is 448 g/mol. The van der Waals surface area contributed by atoms with Crippen LogP contribution in [0.1, 0.15) is 0 Å². The summed E-state index contributed by atoms with van der Waals surface area (Å²) in [4.78, 5) is 9.57. The number of piperazine rings is 1. The number of halogens is 1. The third-order valence-corrected chi connectivity index (χ3v) is 6.03. The number of likely N-dealkylation sites (N-methyl/N-ethyl adjacent to an activating group) is 1. The monoisotopic (exact) mass is 447 g/mol. The van der Waals surface area contributed by atoms with E-state index in [4.69, 9.17) is 4.98 Å². The average Bonchev–Trinajstić information content (AvgIpc) is 3.18. The number of fused-ring (bicyclic) bond motifs is 1. The summed E-state index contributed by atoms with van der Waals surface area (Å²) in [6.45, 7) is 4.31. The Morgan fingerprint density at radius 1 is 0.862 bits per heavy atom. The van der Waals surface area contributed by atoms with Crippen LogP contribution in [-0.2, 0) is 0 Å². The number of hydrogen-bond donors (Lipinski definition) is 0. The molecule has 1 aliphatic heterocycles. The van der Waals surface area contributed by atoms with Gasteiger partial charge < -0.3 is 9.80 Å². The van der Waals surface area contributed by atoms with Gasteiger partial charge in [-0.1, -0.05) is 40.2 Å². The predicted octanol–water partition coefficient (Wildman–Crippen LogP) is 4.58. The standard InChI is InChI=1S/C23H22BrN5/c1-27-8-10-28(11-9-27)21-7-3-5-18(13-21)22-15-26-29-16-19(14-25-23(22)29)17-4-2-6-20(24)12-17/h2-7,12-16H,8-11H2,1H3. The first-order valence-electron chi connectivity index (χ1n) is 9.81. The van der Waals surface area contributed by atoms with Crippen molar-refractivity contribution in [1.82, 2.24) is 19.5 Å². The fourth-order valence-corrected chi connectivity index (χ4v) is 4.23. The van der Waals surface area contributed by atoms with Crippen LogP contribution in [0.2, 0.25) is 0 Å². The summed E-state index contributed by atoms with van der Waals surface area (Å²) in [6.07, 6.45) is 5.88. The number of aromatic nitrogens is 3. The second-order valence-corrected chi connectivity index (χ2v) is 8.44. The maximum absolute atomic E-state index is 4.74. The minimum absolute atomic E-state index is 0.874. The Morgan fingerprint density at radius 3 is 2.48 bits per heavy atom. The SMILES string of the molecule is CN1CCN(c2cccc(-c3cnn4cc(-c5cccc(Br)c5)cnc34)c2)CC1. The van der Waals surface area contributed by atoms with Crippen molar-refractivity contribution in [1.29, 1.82) is 0 Å². The molecule has 0 unspecified atom stereocenters. The van der Waals surface area contributed by atoms with E-state index in [0.717, 1.165) is 58.6 Å². The van der Waals surface area contributed by atoms with Crippen LogP contribution in [0.25, 0.3) is 27.9 Å². The van der Waals surface area contributed by atoms with Gasteiger partial charge in [-0.15, -0.1) is 0 Å². The molecule has 29 heavy (non-hydrogen) atoms. The molecular weight excluding hydrogens is 426 g/mol.